The number of carbonyl (C=O) groups excluding carboxylic acids is 1. The van der Waals surface area contributed by atoms with Crippen LogP contribution in [0.2, 0.25) is 0 Å². The highest BCUT2D eigenvalue weighted by molar-refractivity contribution is 5.97. The van der Waals surface area contributed by atoms with Crippen molar-refractivity contribution in [1.29, 1.82) is 0 Å². The van der Waals surface area contributed by atoms with Gasteiger partial charge in [-0.15, -0.1) is 0 Å². The van der Waals surface area contributed by atoms with Gasteiger partial charge < -0.3 is 20.1 Å². The van der Waals surface area contributed by atoms with Crippen molar-refractivity contribution in [3.05, 3.63) is 29.3 Å². The van der Waals surface area contributed by atoms with Crippen molar-refractivity contribution in [2.75, 3.05) is 40.5 Å². The lowest BCUT2D eigenvalue weighted by atomic mass is 10.1. The van der Waals surface area contributed by atoms with Crippen LogP contribution < -0.4 is 10.5 Å². The first-order chi connectivity index (χ1) is 9.63. The average Bonchev–Trinajstić information content (AvgIpc) is 2.46. The highest BCUT2D eigenvalue weighted by Gasteiger charge is 2.19. The summed E-state index contributed by atoms with van der Waals surface area (Å²) < 4.78 is 10.3. The molecule has 5 heteroatoms. The SMILES string of the molecule is COCCN(CCCN)C(=O)c1cc(C)ccc1OC. The van der Waals surface area contributed by atoms with Gasteiger partial charge in [-0.05, 0) is 32.0 Å². The number of nitrogens with two attached hydrogens (primary N) is 1. The zero-order valence-electron chi connectivity index (χ0n) is 12.5. The van der Waals surface area contributed by atoms with Crippen LogP contribution in [0.4, 0.5) is 0 Å². The number of aryl methyl sites for hydroxylation is 1. The van der Waals surface area contributed by atoms with Crippen LogP contribution in [-0.4, -0.2) is 51.3 Å². The van der Waals surface area contributed by atoms with Crippen molar-refractivity contribution < 1.29 is 14.3 Å². The fraction of sp³-hybridized carbons (Fsp3) is 0.533. The largest absolute Gasteiger partial charge is 0.496 e. The topological polar surface area (TPSA) is 64.8 Å². The standard InChI is InChI=1S/C15H24N2O3/c1-12-5-6-14(20-3)13(11-12)15(18)17(8-4-7-16)9-10-19-2/h5-6,11H,4,7-10,16H2,1-3H3. The van der Waals surface area contributed by atoms with Gasteiger partial charge in [-0.1, -0.05) is 11.6 Å². The molecular formula is C15H24N2O3. The smallest absolute Gasteiger partial charge is 0.257 e. The third-order valence-electron chi connectivity index (χ3n) is 3.07. The molecule has 0 heterocycles. The molecule has 0 radical (unpaired) electrons. The van der Waals surface area contributed by atoms with Crippen molar-refractivity contribution in [2.24, 2.45) is 5.73 Å². The van der Waals surface area contributed by atoms with Crippen molar-refractivity contribution >= 4 is 5.91 Å². The Morgan fingerprint density at radius 1 is 1.30 bits per heavy atom. The molecule has 0 spiro atoms. The number of carbonyl (C=O) groups is 1. The molecule has 5 nitrogen and oxygen atoms in total. The molecule has 1 aromatic rings. The van der Waals surface area contributed by atoms with Gasteiger partial charge in [-0.25, -0.2) is 0 Å². The van der Waals surface area contributed by atoms with Gasteiger partial charge in [0.2, 0.25) is 0 Å². The van der Waals surface area contributed by atoms with E-state index in [4.69, 9.17) is 15.2 Å². The predicted molar refractivity (Wildman–Crippen MR) is 79.2 cm³/mol. The minimum Gasteiger partial charge on any atom is -0.496 e. The van der Waals surface area contributed by atoms with Gasteiger partial charge in [0.05, 0.1) is 19.3 Å². The van der Waals surface area contributed by atoms with E-state index in [9.17, 15) is 4.79 Å². The molecule has 112 valence electrons. The van der Waals surface area contributed by atoms with E-state index in [1.807, 2.05) is 25.1 Å². The van der Waals surface area contributed by atoms with E-state index in [0.717, 1.165) is 12.0 Å². The predicted octanol–water partition coefficient (Wildman–Crippen LogP) is 1.44. The van der Waals surface area contributed by atoms with E-state index in [0.29, 0.717) is 37.6 Å². The fourth-order valence-corrected chi connectivity index (χ4v) is 1.96. The number of hydrogen-bond donors (Lipinski definition) is 1. The Labute approximate surface area is 120 Å². The molecule has 1 rings (SSSR count). The first kappa shape index (κ1) is 16.5. The number of benzene rings is 1. The highest BCUT2D eigenvalue weighted by atomic mass is 16.5. The lowest BCUT2D eigenvalue weighted by Crippen LogP contribution is -2.35. The third-order valence-corrected chi connectivity index (χ3v) is 3.07. The lowest BCUT2D eigenvalue weighted by molar-refractivity contribution is 0.0691. The van der Waals surface area contributed by atoms with Gasteiger partial charge in [0.25, 0.3) is 5.91 Å². The van der Waals surface area contributed by atoms with Crippen molar-refractivity contribution in [3.63, 3.8) is 0 Å². The Bertz CT molecular complexity index is 427. The van der Waals surface area contributed by atoms with E-state index in [1.165, 1.54) is 0 Å². The molecule has 0 aliphatic rings. The third kappa shape index (κ3) is 4.51. The minimum atomic E-state index is -0.0453. The maximum absolute atomic E-state index is 12.6. The van der Waals surface area contributed by atoms with Crippen LogP contribution in [0, 0.1) is 6.92 Å². The molecule has 1 aromatic carbocycles. The molecule has 2 N–H and O–H groups in total. The van der Waals surface area contributed by atoms with Crippen LogP contribution in [0.1, 0.15) is 22.3 Å². The molecule has 0 atom stereocenters. The van der Waals surface area contributed by atoms with E-state index in [2.05, 4.69) is 0 Å². The van der Waals surface area contributed by atoms with Crippen LogP contribution in [-0.2, 0) is 4.74 Å². The average molecular weight is 280 g/mol. The van der Waals surface area contributed by atoms with Crippen molar-refractivity contribution in [3.8, 4) is 5.75 Å². The Balaban J connectivity index is 2.94. The minimum absolute atomic E-state index is 0.0453. The molecule has 0 saturated heterocycles. The van der Waals surface area contributed by atoms with Crippen LogP contribution in [0.3, 0.4) is 0 Å². The number of methoxy groups -OCH3 is 2. The monoisotopic (exact) mass is 280 g/mol. The van der Waals surface area contributed by atoms with Gasteiger partial charge in [-0.3, -0.25) is 4.79 Å². The zero-order chi connectivity index (χ0) is 15.0. The fourth-order valence-electron chi connectivity index (χ4n) is 1.96. The van der Waals surface area contributed by atoms with Gasteiger partial charge in [0, 0.05) is 20.2 Å². The van der Waals surface area contributed by atoms with Gasteiger partial charge >= 0.3 is 0 Å². The van der Waals surface area contributed by atoms with E-state index < -0.39 is 0 Å². The van der Waals surface area contributed by atoms with E-state index in [-0.39, 0.29) is 5.91 Å². The Morgan fingerprint density at radius 3 is 2.65 bits per heavy atom. The van der Waals surface area contributed by atoms with Crippen LogP contribution in [0.15, 0.2) is 18.2 Å². The maximum Gasteiger partial charge on any atom is 0.257 e. The molecular weight excluding hydrogens is 256 g/mol. The number of nitrogens with zero attached hydrogens (tertiary/aromatic N) is 1. The first-order valence-corrected chi connectivity index (χ1v) is 6.77. The quantitative estimate of drug-likeness (QED) is 0.782. The van der Waals surface area contributed by atoms with Crippen molar-refractivity contribution in [2.45, 2.75) is 13.3 Å². The summed E-state index contributed by atoms with van der Waals surface area (Å²) in [5.41, 5.74) is 7.14. The number of hydrogen-bond acceptors (Lipinski definition) is 4. The number of amides is 1. The van der Waals surface area contributed by atoms with Gasteiger partial charge in [0.1, 0.15) is 5.75 Å². The summed E-state index contributed by atoms with van der Waals surface area (Å²) in [4.78, 5) is 14.4. The van der Waals surface area contributed by atoms with E-state index >= 15 is 0 Å². The van der Waals surface area contributed by atoms with Gasteiger partial charge in [0.15, 0.2) is 0 Å². The highest BCUT2D eigenvalue weighted by Crippen LogP contribution is 2.21. The van der Waals surface area contributed by atoms with Crippen LogP contribution in [0.25, 0.3) is 0 Å². The summed E-state index contributed by atoms with van der Waals surface area (Å²) in [6.07, 6.45) is 0.767. The molecule has 0 unspecified atom stereocenters. The summed E-state index contributed by atoms with van der Waals surface area (Å²) in [7, 11) is 3.19. The van der Waals surface area contributed by atoms with E-state index in [1.54, 1.807) is 19.1 Å². The second-order valence-corrected chi connectivity index (χ2v) is 4.63. The van der Waals surface area contributed by atoms with Crippen LogP contribution in [0.5, 0.6) is 5.75 Å². The molecule has 0 saturated carbocycles. The second kappa shape index (κ2) is 8.55. The number of ether oxygens (including phenoxy) is 2. The molecule has 0 aromatic heterocycles. The normalized spacial score (nSPS) is 10.4. The summed E-state index contributed by atoms with van der Waals surface area (Å²) >= 11 is 0. The summed E-state index contributed by atoms with van der Waals surface area (Å²) in [6, 6.07) is 5.60. The zero-order valence-corrected chi connectivity index (χ0v) is 12.5. The Morgan fingerprint density at radius 2 is 2.05 bits per heavy atom. The number of rotatable bonds is 8. The molecule has 0 bridgehead atoms. The Hall–Kier alpha value is -1.59. The molecule has 20 heavy (non-hydrogen) atoms. The molecule has 0 fully saturated rings. The Kier molecular flexibility index (Phi) is 7.04. The molecule has 1 amide bonds. The summed E-state index contributed by atoms with van der Waals surface area (Å²) in [5, 5.41) is 0. The van der Waals surface area contributed by atoms with Crippen molar-refractivity contribution in [1.82, 2.24) is 4.90 Å². The lowest BCUT2D eigenvalue weighted by Gasteiger charge is -2.23. The first-order valence-electron chi connectivity index (χ1n) is 6.77. The second-order valence-electron chi connectivity index (χ2n) is 4.63. The van der Waals surface area contributed by atoms with Gasteiger partial charge in [-0.2, -0.15) is 0 Å². The summed E-state index contributed by atoms with van der Waals surface area (Å²) in [5.74, 6) is 0.548. The molecule has 0 aliphatic carbocycles. The summed E-state index contributed by atoms with van der Waals surface area (Å²) in [6.45, 7) is 4.18. The maximum atomic E-state index is 12.6. The van der Waals surface area contributed by atoms with Crippen LogP contribution >= 0.6 is 0 Å². The molecule has 0 aliphatic heterocycles.